The zero-order valence-corrected chi connectivity index (χ0v) is 15.2. The first kappa shape index (κ1) is 18.3. The predicted molar refractivity (Wildman–Crippen MR) is 97.7 cm³/mol. The van der Waals surface area contributed by atoms with E-state index in [1.807, 2.05) is 23.7 Å². The summed E-state index contributed by atoms with van der Waals surface area (Å²) in [5.41, 5.74) is 1.85. The van der Waals surface area contributed by atoms with Gasteiger partial charge >= 0.3 is 0 Å². The van der Waals surface area contributed by atoms with Gasteiger partial charge in [-0.15, -0.1) is 5.10 Å². The van der Waals surface area contributed by atoms with Gasteiger partial charge in [-0.3, -0.25) is 4.79 Å². The summed E-state index contributed by atoms with van der Waals surface area (Å²) in [7, 11) is 1.63. The van der Waals surface area contributed by atoms with E-state index in [2.05, 4.69) is 20.9 Å². The van der Waals surface area contributed by atoms with E-state index in [4.69, 9.17) is 9.47 Å². The average Bonchev–Trinajstić information content (AvgIpc) is 3.05. The Bertz CT molecular complexity index is 723. The average molecular weight is 359 g/mol. The molecule has 1 aromatic carbocycles. The normalized spacial score (nSPS) is 15.0. The molecule has 2 aromatic rings. The number of amides is 1. The van der Waals surface area contributed by atoms with Gasteiger partial charge < -0.3 is 20.1 Å². The number of hydrogen-bond donors (Lipinski definition) is 2. The van der Waals surface area contributed by atoms with Gasteiger partial charge in [-0.1, -0.05) is 5.21 Å². The van der Waals surface area contributed by atoms with Crippen LogP contribution in [0.4, 0.5) is 5.69 Å². The third kappa shape index (κ3) is 4.39. The molecular formula is C18H25N5O3. The zero-order valence-electron chi connectivity index (χ0n) is 15.2. The maximum atomic E-state index is 12.5. The fourth-order valence-electron chi connectivity index (χ4n) is 3.02. The minimum absolute atomic E-state index is 0.254. The molecule has 0 atom stereocenters. The molecule has 0 spiro atoms. The van der Waals surface area contributed by atoms with Gasteiger partial charge in [-0.25, -0.2) is 4.68 Å². The van der Waals surface area contributed by atoms with Gasteiger partial charge in [0.25, 0.3) is 5.91 Å². The molecule has 0 aliphatic carbocycles. The predicted octanol–water partition coefficient (Wildman–Crippen LogP) is 1.79. The Labute approximate surface area is 152 Å². The lowest BCUT2D eigenvalue weighted by atomic mass is 10.1. The number of anilines is 1. The molecule has 8 nitrogen and oxygen atoms in total. The minimum atomic E-state index is -0.254. The quantitative estimate of drug-likeness (QED) is 0.733. The molecule has 26 heavy (non-hydrogen) atoms. The molecular weight excluding hydrogens is 334 g/mol. The van der Waals surface area contributed by atoms with Crippen LogP contribution in [0.1, 0.15) is 35.1 Å². The summed E-state index contributed by atoms with van der Waals surface area (Å²) in [4.78, 5) is 12.5. The third-order valence-electron chi connectivity index (χ3n) is 4.47. The molecule has 0 unspecified atom stereocenters. The van der Waals surface area contributed by atoms with Crippen LogP contribution in [0.3, 0.4) is 0 Å². The number of nitrogens with one attached hydrogen (secondary N) is 2. The van der Waals surface area contributed by atoms with Crippen molar-refractivity contribution in [3.05, 3.63) is 35.7 Å². The van der Waals surface area contributed by atoms with Crippen molar-refractivity contribution in [2.24, 2.45) is 0 Å². The number of aromatic nitrogens is 3. The van der Waals surface area contributed by atoms with Crippen molar-refractivity contribution in [1.82, 2.24) is 20.3 Å². The van der Waals surface area contributed by atoms with Crippen LogP contribution in [-0.4, -0.2) is 54.3 Å². The van der Waals surface area contributed by atoms with E-state index in [9.17, 15) is 4.79 Å². The van der Waals surface area contributed by atoms with Gasteiger partial charge in [-0.2, -0.15) is 0 Å². The summed E-state index contributed by atoms with van der Waals surface area (Å²) in [5, 5.41) is 14.5. The SMILES string of the molecule is COCCOc1ccc(NC(=O)c2nnn(C3CCNCC3)c2C)cc1. The number of piperidine rings is 1. The van der Waals surface area contributed by atoms with Gasteiger partial charge in [0.05, 0.1) is 18.3 Å². The fraction of sp³-hybridized carbons (Fsp3) is 0.500. The maximum absolute atomic E-state index is 12.5. The molecule has 2 N–H and O–H groups in total. The molecule has 1 fully saturated rings. The first-order chi connectivity index (χ1) is 12.7. The molecule has 2 heterocycles. The van der Waals surface area contributed by atoms with E-state index in [0.717, 1.165) is 37.4 Å². The number of carbonyl (C=O) groups excluding carboxylic acids is 1. The van der Waals surface area contributed by atoms with Gasteiger partial charge in [-0.05, 0) is 57.1 Å². The highest BCUT2D eigenvalue weighted by molar-refractivity contribution is 6.03. The van der Waals surface area contributed by atoms with E-state index >= 15 is 0 Å². The largest absolute Gasteiger partial charge is 0.491 e. The second kappa shape index (κ2) is 8.77. The van der Waals surface area contributed by atoms with Crippen LogP contribution < -0.4 is 15.4 Å². The van der Waals surface area contributed by atoms with Gasteiger partial charge in [0.15, 0.2) is 5.69 Å². The van der Waals surface area contributed by atoms with Crippen LogP contribution >= 0.6 is 0 Å². The summed E-state index contributed by atoms with van der Waals surface area (Å²) in [6.45, 7) is 4.84. The number of carbonyl (C=O) groups is 1. The first-order valence-corrected chi connectivity index (χ1v) is 8.84. The molecule has 0 bridgehead atoms. The Morgan fingerprint density at radius 1 is 1.27 bits per heavy atom. The molecule has 140 valence electrons. The number of rotatable bonds is 7. The van der Waals surface area contributed by atoms with E-state index in [1.165, 1.54) is 0 Å². The molecule has 1 aliphatic rings. The van der Waals surface area contributed by atoms with Gasteiger partial charge in [0.2, 0.25) is 0 Å². The second-order valence-corrected chi connectivity index (χ2v) is 6.27. The van der Waals surface area contributed by atoms with E-state index in [0.29, 0.717) is 30.6 Å². The Morgan fingerprint density at radius 2 is 2.00 bits per heavy atom. The fourth-order valence-corrected chi connectivity index (χ4v) is 3.02. The van der Waals surface area contributed by atoms with Crippen molar-refractivity contribution in [2.75, 3.05) is 38.7 Å². The monoisotopic (exact) mass is 359 g/mol. The van der Waals surface area contributed by atoms with Crippen LogP contribution in [0.5, 0.6) is 5.75 Å². The molecule has 1 saturated heterocycles. The molecule has 1 aromatic heterocycles. The van der Waals surface area contributed by atoms with Crippen molar-refractivity contribution in [3.63, 3.8) is 0 Å². The summed E-state index contributed by atoms with van der Waals surface area (Å²) < 4.78 is 12.3. The summed E-state index contributed by atoms with van der Waals surface area (Å²) >= 11 is 0. The van der Waals surface area contributed by atoms with Crippen molar-refractivity contribution < 1.29 is 14.3 Å². The lowest BCUT2D eigenvalue weighted by Crippen LogP contribution is -2.30. The van der Waals surface area contributed by atoms with Crippen molar-refractivity contribution in [1.29, 1.82) is 0 Å². The standard InChI is InChI=1S/C18H25N5O3/c1-13-17(21-22-23(13)15-7-9-19-10-8-15)18(24)20-14-3-5-16(6-4-14)26-12-11-25-2/h3-6,15,19H,7-12H2,1-2H3,(H,20,24). The molecule has 3 rings (SSSR count). The van der Waals surface area contributed by atoms with E-state index in [1.54, 1.807) is 19.2 Å². The highest BCUT2D eigenvalue weighted by atomic mass is 16.5. The smallest absolute Gasteiger partial charge is 0.278 e. The third-order valence-corrected chi connectivity index (χ3v) is 4.47. The molecule has 0 radical (unpaired) electrons. The van der Waals surface area contributed by atoms with Crippen LogP contribution in [0.15, 0.2) is 24.3 Å². The highest BCUT2D eigenvalue weighted by Gasteiger charge is 2.22. The first-order valence-electron chi connectivity index (χ1n) is 8.84. The number of hydrogen-bond acceptors (Lipinski definition) is 6. The maximum Gasteiger partial charge on any atom is 0.278 e. The Kier molecular flexibility index (Phi) is 6.19. The molecule has 1 aliphatic heterocycles. The van der Waals surface area contributed by atoms with Crippen LogP contribution in [0.2, 0.25) is 0 Å². The van der Waals surface area contributed by atoms with Crippen LogP contribution in [-0.2, 0) is 4.74 Å². The lowest BCUT2D eigenvalue weighted by molar-refractivity contribution is 0.102. The number of nitrogens with zero attached hydrogens (tertiary/aromatic N) is 3. The van der Waals surface area contributed by atoms with Crippen LogP contribution in [0, 0.1) is 6.92 Å². The number of methoxy groups -OCH3 is 1. The van der Waals surface area contributed by atoms with Crippen molar-refractivity contribution >= 4 is 11.6 Å². The second-order valence-electron chi connectivity index (χ2n) is 6.27. The summed E-state index contributed by atoms with van der Waals surface area (Å²) in [6, 6.07) is 7.52. The topological polar surface area (TPSA) is 90.3 Å². The van der Waals surface area contributed by atoms with Gasteiger partial charge in [0, 0.05) is 12.8 Å². The minimum Gasteiger partial charge on any atom is -0.491 e. The van der Waals surface area contributed by atoms with Gasteiger partial charge in [0.1, 0.15) is 12.4 Å². The highest BCUT2D eigenvalue weighted by Crippen LogP contribution is 2.21. The Balaban J connectivity index is 1.62. The Morgan fingerprint density at radius 3 is 2.69 bits per heavy atom. The van der Waals surface area contributed by atoms with Crippen LogP contribution in [0.25, 0.3) is 0 Å². The zero-order chi connectivity index (χ0) is 18.4. The van der Waals surface area contributed by atoms with E-state index in [-0.39, 0.29) is 5.91 Å². The van der Waals surface area contributed by atoms with E-state index < -0.39 is 0 Å². The molecule has 8 heteroatoms. The summed E-state index contributed by atoms with van der Waals surface area (Å²) in [6.07, 6.45) is 1.99. The number of ether oxygens (including phenoxy) is 2. The molecule has 0 saturated carbocycles. The Hall–Kier alpha value is -2.45. The van der Waals surface area contributed by atoms with Crippen molar-refractivity contribution in [3.8, 4) is 5.75 Å². The molecule has 1 amide bonds. The number of benzene rings is 1. The summed E-state index contributed by atoms with van der Waals surface area (Å²) in [5.74, 6) is 0.476. The van der Waals surface area contributed by atoms with Crippen molar-refractivity contribution in [2.45, 2.75) is 25.8 Å². The lowest BCUT2D eigenvalue weighted by Gasteiger charge is -2.23.